The highest BCUT2D eigenvalue weighted by Gasteiger charge is 2.21. The molecule has 0 radical (unpaired) electrons. The molecule has 0 spiro atoms. The van der Waals surface area contributed by atoms with E-state index < -0.39 is 0 Å². The van der Waals surface area contributed by atoms with E-state index in [1.54, 1.807) is 24.7 Å². The summed E-state index contributed by atoms with van der Waals surface area (Å²) in [4.78, 5) is 23.4. The molecule has 0 bridgehead atoms. The van der Waals surface area contributed by atoms with Gasteiger partial charge in [0.25, 0.3) is 5.91 Å². The molecule has 1 aliphatic heterocycles. The number of amides is 1. The summed E-state index contributed by atoms with van der Waals surface area (Å²) < 4.78 is 0. The van der Waals surface area contributed by atoms with E-state index in [-0.39, 0.29) is 5.91 Å². The minimum absolute atomic E-state index is 0.0866. The van der Waals surface area contributed by atoms with Gasteiger partial charge in [-0.25, -0.2) is 4.98 Å². The van der Waals surface area contributed by atoms with Gasteiger partial charge >= 0.3 is 0 Å². The fraction of sp³-hybridized carbons (Fsp3) is 0.292. The molecule has 2 aromatic heterocycles. The molecule has 1 aliphatic rings. The third-order valence-corrected chi connectivity index (χ3v) is 5.49. The fourth-order valence-electron chi connectivity index (χ4n) is 3.83. The summed E-state index contributed by atoms with van der Waals surface area (Å²) in [6.07, 6.45) is 8.65. The van der Waals surface area contributed by atoms with Crippen LogP contribution in [0.2, 0.25) is 0 Å². The van der Waals surface area contributed by atoms with E-state index in [4.69, 9.17) is 0 Å². The van der Waals surface area contributed by atoms with Gasteiger partial charge in [-0.2, -0.15) is 0 Å². The largest absolute Gasteiger partial charge is 0.357 e. The lowest BCUT2D eigenvalue weighted by molar-refractivity contribution is 0.0951. The monoisotopic (exact) mass is 386 g/mol. The summed E-state index contributed by atoms with van der Waals surface area (Å²) in [6.45, 7) is 2.42. The summed E-state index contributed by atoms with van der Waals surface area (Å²) in [7, 11) is 0. The molecule has 1 saturated heterocycles. The summed E-state index contributed by atoms with van der Waals surface area (Å²) >= 11 is 0. The van der Waals surface area contributed by atoms with Gasteiger partial charge in [0.2, 0.25) is 0 Å². The molecule has 0 aliphatic carbocycles. The van der Waals surface area contributed by atoms with Gasteiger partial charge in [0.05, 0.1) is 0 Å². The molecular weight excluding hydrogens is 360 g/mol. The highest BCUT2D eigenvalue weighted by molar-refractivity contribution is 5.94. The van der Waals surface area contributed by atoms with Crippen LogP contribution in [0.1, 0.15) is 34.3 Å². The number of pyridine rings is 2. The zero-order chi connectivity index (χ0) is 19.9. The Balaban J connectivity index is 1.32. The van der Waals surface area contributed by atoms with Crippen molar-refractivity contribution >= 4 is 11.7 Å². The quantitative estimate of drug-likeness (QED) is 0.699. The first kappa shape index (κ1) is 19.1. The van der Waals surface area contributed by atoms with Crippen molar-refractivity contribution in [3.63, 3.8) is 0 Å². The number of anilines is 1. The Morgan fingerprint density at radius 3 is 2.55 bits per heavy atom. The molecule has 3 heterocycles. The Hall–Kier alpha value is -3.21. The van der Waals surface area contributed by atoms with Gasteiger partial charge < -0.3 is 10.2 Å². The number of hydrogen-bond donors (Lipinski definition) is 1. The van der Waals surface area contributed by atoms with Gasteiger partial charge in [0.15, 0.2) is 0 Å². The number of piperidine rings is 1. The van der Waals surface area contributed by atoms with Crippen molar-refractivity contribution in [3.05, 3.63) is 89.9 Å². The van der Waals surface area contributed by atoms with Crippen LogP contribution < -0.4 is 10.2 Å². The first-order valence-corrected chi connectivity index (χ1v) is 10.2. The molecule has 1 amide bonds. The second-order valence-electron chi connectivity index (χ2n) is 7.57. The maximum absolute atomic E-state index is 12.5. The number of nitrogens with one attached hydrogen (secondary N) is 1. The zero-order valence-electron chi connectivity index (χ0n) is 16.5. The molecule has 1 fully saturated rings. The van der Waals surface area contributed by atoms with Crippen molar-refractivity contribution in [2.75, 3.05) is 18.0 Å². The highest BCUT2D eigenvalue weighted by Crippen LogP contribution is 2.25. The number of hydrogen-bond acceptors (Lipinski definition) is 4. The molecule has 29 heavy (non-hydrogen) atoms. The first-order valence-electron chi connectivity index (χ1n) is 10.2. The summed E-state index contributed by atoms with van der Waals surface area (Å²) in [5.74, 6) is 1.51. The van der Waals surface area contributed by atoms with Crippen molar-refractivity contribution < 1.29 is 4.79 Å². The molecule has 0 unspecified atom stereocenters. The Morgan fingerprint density at radius 2 is 1.79 bits per heavy atom. The maximum atomic E-state index is 12.5. The number of aromatic nitrogens is 2. The number of benzene rings is 1. The van der Waals surface area contributed by atoms with Crippen LogP contribution in [0.4, 0.5) is 5.82 Å². The predicted octanol–water partition coefficient (Wildman–Crippen LogP) is 3.87. The van der Waals surface area contributed by atoms with E-state index in [2.05, 4.69) is 50.5 Å². The molecule has 4 rings (SSSR count). The van der Waals surface area contributed by atoms with Crippen molar-refractivity contribution in [2.24, 2.45) is 5.92 Å². The minimum atomic E-state index is -0.0866. The van der Waals surface area contributed by atoms with Crippen LogP contribution in [0, 0.1) is 5.92 Å². The maximum Gasteiger partial charge on any atom is 0.251 e. The van der Waals surface area contributed by atoms with E-state index in [9.17, 15) is 4.79 Å². The normalized spacial score (nSPS) is 14.6. The first-order chi connectivity index (χ1) is 14.3. The van der Waals surface area contributed by atoms with E-state index in [0.29, 0.717) is 18.0 Å². The average molecular weight is 386 g/mol. The van der Waals surface area contributed by atoms with Crippen molar-refractivity contribution in [2.45, 2.75) is 25.8 Å². The van der Waals surface area contributed by atoms with Gasteiger partial charge in [-0.3, -0.25) is 9.78 Å². The van der Waals surface area contributed by atoms with Crippen molar-refractivity contribution in [3.8, 4) is 0 Å². The Bertz CT molecular complexity index is 922. The Labute approximate surface area is 171 Å². The van der Waals surface area contributed by atoms with Gasteiger partial charge in [0, 0.05) is 43.8 Å². The SMILES string of the molecule is O=C(NCc1cccnc1)c1ccnc(N2CCC(Cc3ccccc3)CC2)c1. The van der Waals surface area contributed by atoms with Gasteiger partial charge in [-0.15, -0.1) is 0 Å². The third-order valence-electron chi connectivity index (χ3n) is 5.49. The minimum Gasteiger partial charge on any atom is -0.357 e. The molecule has 0 atom stereocenters. The lowest BCUT2D eigenvalue weighted by atomic mass is 9.90. The summed E-state index contributed by atoms with van der Waals surface area (Å²) in [5, 5.41) is 2.95. The van der Waals surface area contributed by atoms with Crippen LogP contribution in [-0.2, 0) is 13.0 Å². The molecule has 1 N–H and O–H groups in total. The molecule has 5 nitrogen and oxygen atoms in total. The number of nitrogens with zero attached hydrogens (tertiary/aromatic N) is 3. The topological polar surface area (TPSA) is 58.1 Å². The summed E-state index contributed by atoms with van der Waals surface area (Å²) in [5.41, 5.74) is 3.04. The second-order valence-corrected chi connectivity index (χ2v) is 7.57. The lowest BCUT2D eigenvalue weighted by Gasteiger charge is -2.33. The molecule has 3 aromatic rings. The molecular formula is C24H26N4O. The number of rotatable bonds is 6. The smallest absolute Gasteiger partial charge is 0.251 e. The lowest BCUT2D eigenvalue weighted by Crippen LogP contribution is -2.35. The molecule has 148 valence electrons. The van der Waals surface area contributed by atoms with Gasteiger partial charge in [-0.05, 0) is 54.5 Å². The zero-order valence-corrected chi connectivity index (χ0v) is 16.5. The van der Waals surface area contributed by atoms with Crippen LogP contribution in [-0.4, -0.2) is 29.0 Å². The summed E-state index contributed by atoms with van der Waals surface area (Å²) in [6, 6.07) is 18.2. The van der Waals surface area contributed by atoms with E-state index in [1.165, 1.54) is 5.56 Å². The van der Waals surface area contributed by atoms with Crippen molar-refractivity contribution in [1.82, 2.24) is 15.3 Å². The number of carbonyl (C=O) groups excluding carboxylic acids is 1. The standard InChI is InChI=1S/C24H26N4O/c29-24(27-18-21-7-4-11-25-17-21)22-8-12-26-23(16-22)28-13-9-20(10-14-28)15-19-5-2-1-3-6-19/h1-8,11-12,16-17,20H,9-10,13-15,18H2,(H,27,29). The van der Waals surface area contributed by atoms with Crippen LogP contribution in [0.3, 0.4) is 0 Å². The van der Waals surface area contributed by atoms with Crippen LogP contribution >= 0.6 is 0 Å². The Morgan fingerprint density at radius 1 is 1.00 bits per heavy atom. The third kappa shape index (κ3) is 5.19. The number of carbonyl (C=O) groups is 1. The molecule has 1 aromatic carbocycles. The van der Waals surface area contributed by atoms with E-state index in [0.717, 1.165) is 43.7 Å². The molecule has 0 saturated carbocycles. The van der Waals surface area contributed by atoms with Crippen LogP contribution in [0.25, 0.3) is 0 Å². The Kier molecular flexibility index (Phi) is 6.15. The highest BCUT2D eigenvalue weighted by atomic mass is 16.1. The fourth-order valence-corrected chi connectivity index (χ4v) is 3.83. The second kappa shape index (κ2) is 9.32. The van der Waals surface area contributed by atoms with Crippen LogP contribution in [0.15, 0.2) is 73.2 Å². The van der Waals surface area contributed by atoms with E-state index in [1.807, 2.05) is 18.2 Å². The van der Waals surface area contributed by atoms with Gasteiger partial charge in [0.1, 0.15) is 5.82 Å². The van der Waals surface area contributed by atoms with Crippen molar-refractivity contribution in [1.29, 1.82) is 0 Å². The van der Waals surface area contributed by atoms with E-state index >= 15 is 0 Å². The average Bonchev–Trinajstić information content (AvgIpc) is 2.79. The molecule has 5 heteroatoms. The predicted molar refractivity (Wildman–Crippen MR) is 115 cm³/mol. The van der Waals surface area contributed by atoms with Gasteiger partial charge in [-0.1, -0.05) is 36.4 Å². The van der Waals surface area contributed by atoms with Crippen LogP contribution in [0.5, 0.6) is 0 Å².